The highest BCUT2D eigenvalue weighted by atomic mass is 35.5. The normalized spacial score (nSPS) is 17.2. The number of pyridine rings is 1. The van der Waals surface area contributed by atoms with E-state index in [0.29, 0.717) is 24.1 Å². The molecule has 138 valence electrons. The highest BCUT2D eigenvalue weighted by molar-refractivity contribution is 7.89. The Hall–Kier alpha value is -2.04. The third-order valence-electron chi connectivity index (χ3n) is 4.66. The minimum absolute atomic E-state index is 0.00432. The monoisotopic (exact) mass is 398 g/mol. The van der Waals surface area contributed by atoms with Gasteiger partial charge in [-0.05, 0) is 18.8 Å². The summed E-state index contributed by atoms with van der Waals surface area (Å²) in [7, 11) is -2.11. The number of piperidine rings is 1. The van der Waals surface area contributed by atoms with Crippen molar-refractivity contribution in [3.8, 4) is 0 Å². The van der Waals surface area contributed by atoms with Crippen LogP contribution >= 0.6 is 11.6 Å². The van der Waals surface area contributed by atoms with Gasteiger partial charge in [0.05, 0.1) is 0 Å². The van der Waals surface area contributed by atoms with Crippen LogP contribution in [0.4, 0.5) is 4.39 Å². The number of hydrogen-bond acceptors (Lipinski definition) is 5. The lowest BCUT2D eigenvalue weighted by Gasteiger charge is -2.31. The van der Waals surface area contributed by atoms with Gasteiger partial charge in [0.2, 0.25) is 10.0 Å². The maximum absolute atomic E-state index is 14.4. The number of aryl methyl sites for hydroxylation is 1. The number of fused-ring (bicyclic) bond motifs is 1. The van der Waals surface area contributed by atoms with Gasteiger partial charge in [-0.2, -0.15) is 14.5 Å². The lowest BCUT2D eigenvalue weighted by molar-refractivity contribution is 0.315. The summed E-state index contributed by atoms with van der Waals surface area (Å²) in [6.45, 7) is 0.570. The van der Waals surface area contributed by atoms with Crippen molar-refractivity contribution >= 4 is 27.3 Å². The molecule has 0 saturated carbocycles. The van der Waals surface area contributed by atoms with Crippen molar-refractivity contribution in [3.05, 3.63) is 41.3 Å². The second-order valence-corrected chi connectivity index (χ2v) is 8.54. The summed E-state index contributed by atoms with van der Waals surface area (Å²) in [5.74, 6) is -0.429. The van der Waals surface area contributed by atoms with Gasteiger partial charge in [-0.25, -0.2) is 22.3 Å². The van der Waals surface area contributed by atoms with Gasteiger partial charge in [0.1, 0.15) is 17.0 Å². The molecule has 0 N–H and O–H groups in total. The fraction of sp³-hybridized carbons (Fsp3) is 0.400. The standard InChI is InChI=1S/C15H16ClFN6O2S/c1-21-8-13(15(16)20-21)26(24,25)22-4-2-10(3-5-22)11-7-23-14(6-12(11)17)18-9-19-23/h6-10H,2-5H2,1H3. The second kappa shape index (κ2) is 6.29. The fourth-order valence-electron chi connectivity index (χ4n) is 3.31. The van der Waals surface area contributed by atoms with Crippen LogP contribution in [0, 0.1) is 5.82 Å². The lowest BCUT2D eigenvalue weighted by atomic mass is 9.91. The minimum atomic E-state index is -3.72. The quantitative estimate of drug-likeness (QED) is 0.671. The Labute approximate surface area is 154 Å². The van der Waals surface area contributed by atoms with E-state index in [1.54, 1.807) is 13.2 Å². The molecular formula is C15H16ClFN6O2S. The van der Waals surface area contributed by atoms with E-state index in [0.717, 1.165) is 0 Å². The van der Waals surface area contributed by atoms with Gasteiger partial charge < -0.3 is 0 Å². The summed E-state index contributed by atoms with van der Waals surface area (Å²) < 4.78 is 44.2. The van der Waals surface area contributed by atoms with E-state index in [1.165, 1.54) is 32.1 Å². The molecule has 4 heterocycles. The van der Waals surface area contributed by atoms with Crippen molar-refractivity contribution in [1.29, 1.82) is 0 Å². The zero-order valence-corrected chi connectivity index (χ0v) is 15.5. The number of hydrogen-bond donors (Lipinski definition) is 0. The number of aromatic nitrogens is 5. The predicted molar refractivity (Wildman–Crippen MR) is 91.9 cm³/mol. The Bertz CT molecular complexity index is 1070. The van der Waals surface area contributed by atoms with Gasteiger partial charge in [0.15, 0.2) is 10.8 Å². The topological polar surface area (TPSA) is 85.4 Å². The predicted octanol–water partition coefficient (Wildman–Crippen LogP) is 1.82. The summed E-state index contributed by atoms with van der Waals surface area (Å²) >= 11 is 5.94. The molecule has 0 bridgehead atoms. The van der Waals surface area contributed by atoms with E-state index < -0.39 is 10.0 Å². The molecule has 0 unspecified atom stereocenters. The van der Waals surface area contributed by atoms with Crippen LogP contribution in [0.5, 0.6) is 0 Å². The van der Waals surface area contributed by atoms with Gasteiger partial charge in [-0.3, -0.25) is 4.68 Å². The first kappa shape index (κ1) is 17.4. The molecule has 0 aromatic carbocycles. The summed E-state index contributed by atoms with van der Waals surface area (Å²) in [6, 6.07) is 1.35. The van der Waals surface area contributed by atoms with E-state index in [9.17, 15) is 12.8 Å². The molecule has 0 aliphatic carbocycles. The summed E-state index contributed by atoms with van der Waals surface area (Å²) in [6.07, 6.45) is 5.40. The zero-order chi connectivity index (χ0) is 18.5. The Morgan fingerprint density at radius 1 is 1.27 bits per heavy atom. The lowest BCUT2D eigenvalue weighted by Crippen LogP contribution is -2.38. The van der Waals surface area contributed by atoms with Crippen LogP contribution in [0.15, 0.2) is 29.7 Å². The van der Waals surface area contributed by atoms with Crippen LogP contribution < -0.4 is 0 Å². The second-order valence-electron chi connectivity index (χ2n) is 6.28. The van der Waals surface area contributed by atoms with Gasteiger partial charge >= 0.3 is 0 Å². The molecular weight excluding hydrogens is 383 g/mol. The smallest absolute Gasteiger partial charge is 0.247 e. The maximum Gasteiger partial charge on any atom is 0.247 e. The van der Waals surface area contributed by atoms with E-state index in [2.05, 4.69) is 15.2 Å². The summed E-state index contributed by atoms with van der Waals surface area (Å²) in [5, 5.41) is 7.87. The minimum Gasteiger partial charge on any atom is -0.273 e. The van der Waals surface area contributed by atoms with Gasteiger partial charge in [-0.1, -0.05) is 11.6 Å². The van der Waals surface area contributed by atoms with Crippen molar-refractivity contribution in [2.24, 2.45) is 7.05 Å². The third kappa shape index (κ3) is 2.87. The Kier molecular flexibility index (Phi) is 4.20. The summed E-state index contributed by atoms with van der Waals surface area (Å²) in [4.78, 5) is 3.95. The van der Waals surface area contributed by atoms with E-state index >= 15 is 0 Å². The van der Waals surface area contributed by atoms with Crippen molar-refractivity contribution in [2.75, 3.05) is 13.1 Å². The number of rotatable bonds is 3. The van der Waals surface area contributed by atoms with Gasteiger partial charge in [0.25, 0.3) is 0 Å². The molecule has 4 rings (SSSR count). The molecule has 3 aromatic rings. The third-order valence-corrected chi connectivity index (χ3v) is 6.95. The highest BCUT2D eigenvalue weighted by Crippen LogP contribution is 2.33. The Morgan fingerprint density at radius 2 is 2.00 bits per heavy atom. The van der Waals surface area contributed by atoms with Crippen molar-refractivity contribution < 1.29 is 12.8 Å². The van der Waals surface area contributed by atoms with E-state index in [-0.39, 0.29) is 34.9 Å². The van der Waals surface area contributed by atoms with E-state index in [4.69, 9.17) is 11.6 Å². The van der Waals surface area contributed by atoms with Crippen LogP contribution in [0.3, 0.4) is 0 Å². The zero-order valence-electron chi connectivity index (χ0n) is 13.9. The van der Waals surface area contributed by atoms with Crippen molar-refractivity contribution in [3.63, 3.8) is 0 Å². The van der Waals surface area contributed by atoms with Gasteiger partial charge in [0, 0.05) is 44.2 Å². The molecule has 11 heteroatoms. The average molecular weight is 399 g/mol. The molecule has 1 aliphatic rings. The molecule has 0 amide bonds. The molecule has 1 aliphatic heterocycles. The molecule has 1 saturated heterocycles. The molecule has 8 nitrogen and oxygen atoms in total. The molecule has 0 spiro atoms. The SMILES string of the molecule is Cn1cc(S(=O)(=O)N2CCC(c3cn4ncnc4cc3F)CC2)c(Cl)n1. The fourth-order valence-corrected chi connectivity index (χ4v) is 5.28. The van der Waals surface area contributed by atoms with Crippen LogP contribution in [-0.4, -0.2) is 50.2 Å². The molecule has 0 radical (unpaired) electrons. The van der Waals surface area contributed by atoms with Crippen molar-refractivity contribution in [2.45, 2.75) is 23.7 Å². The first-order chi connectivity index (χ1) is 12.4. The number of nitrogens with zero attached hydrogens (tertiary/aromatic N) is 6. The van der Waals surface area contributed by atoms with Crippen LogP contribution in [0.2, 0.25) is 5.15 Å². The molecule has 3 aromatic heterocycles. The van der Waals surface area contributed by atoms with Crippen LogP contribution in [0.25, 0.3) is 5.65 Å². The number of halogens is 2. The first-order valence-electron chi connectivity index (χ1n) is 8.04. The Balaban J connectivity index is 1.55. The first-order valence-corrected chi connectivity index (χ1v) is 9.86. The maximum atomic E-state index is 14.4. The summed E-state index contributed by atoms with van der Waals surface area (Å²) in [5.41, 5.74) is 0.969. The molecule has 26 heavy (non-hydrogen) atoms. The Morgan fingerprint density at radius 3 is 2.65 bits per heavy atom. The van der Waals surface area contributed by atoms with Crippen molar-refractivity contribution in [1.82, 2.24) is 28.7 Å². The van der Waals surface area contributed by atoms with Crippen LogP contribution in [-0.2, 0) is 17.1 Å². The molecule has 1 fully saturated rings. The largest absolute Gasteiger partial charge is 0.273 e. The average Bonchev–Trinajstić information content (AvgIpc) is 3.19. The van der Waals surface area contributed by atoms with E-state index in [1.807, 2.05) is 0 Å². The van der Waals surface area contributed by atoms with Gasteiger partial charge in [-0.15, -0.1) is 0 Å². The van der Waals surface area contributed by atoms with Crippen LogP contribution in [0.1, 0.15) is 24.3 Å². The highest BCUT2D eigenvalue weighted by Gasteiger charge is 2.33. The number of sulfonamides is 1. The molecule has 0 atom stereocenters.